The molecule has 34 heavy (non-hydrogen) atoms. The second-order valence-corrected chi connectivity index (χ2v) is 8.23. The molecule has 0 unspecified atom stereocenters. The molecule has 0 aliphatic heterocycles. The smallest absolute Gasteiger partial charge is 0.352 e. The fourth-order valence-corrected chi connectivity index (χ4v) is 3.79. The number of aromatic amines is 1. The normalized spacial score (nSPS) is 12.6. The van der Waals surface area contributed by atoms with Crippen LogP contribution in [-0.2, 0) is 13.2 Å². The van der Waals surface area contributed by atoms with Gasteiger partial charge in [-0.1, -0.05) is 37.3 Å². The second-order valence-electron chi connectivity index (χ2n) is 8.23. The largest absolute Gasteiger partial charge is 0.416 e. The zero-order valence-electron chi connectivity index (χ0n) is 18.6. The van der Waals surface area contributed by atoms with Crippen molar-refractivity contribution in [3.05, 3.63) is 88.0 Å². The summed E-state index contributed by atoms with van der Waals surface area (Å²) in [5.41, 5.74) is 2.77. The predicted molar refractivity (Wildman–Crippen MR) is 124 cm³/mol. The fraction of sp³-hybridized carbons (Fsp3) is 0.240. The van der Waals surface area contributed by atoms with E-state index in [0.29, 0.717) is 35.3 Å². The van der Waals surface area contributed by atoms with Crippen LogP contribution in [0.3, 0.4) is 0 Å². The number of carbonyl (C=O) groups excluding carboxylic acids is 1. The summed E-state index contributed by atoms with van der Waals surface area (Å²) in [4.78, 5) is 31.4. The molecule has 2 aromatic heterocycles. The number of benzene rings is 2. The summed E-state index contributed by atoms with van der Waals surface area (Å²) in [6, 6.07) is 14.1. The molecule has 0 aliphatic rings. The molecule has 1 atom stereocenters. The number of nitrogens with zero attached hydrogens (tertiary/aromatic N) is 2. The third-order valence-electron chi connectivity index (χ3n) is 5.86. The number of halogens is 3. The van der Waals surface area contributed by atoms with Crippen LogP contribution in [0.25, 0.3) is 22.3 Å². The van der Waals surface area contributed by atoms with Crippen molar-refractivity contribution in [3.8, 4) is 11.1 Å². The van der Waals surface area contributed by atoms with Gasteiger partial charge in [-0.2, -0.15) is 13.2 Å². The number of rotatable bonds is 6. The van der Waals surface area contributed by atoms with E-state index < -0.39 is 11.7 Å². The van der Waals surface area contributed by atoms with E-state index in [1.54, 1.807) is 37.5 Å². The average Bonchev–Trinajstić information content (AvgIpc) is 3.11. The monoisotopic (exact) mass is 468 g/mol. The number of nitrogens with one attached hydrogen (secondary N) is 2. The number of fused-ring (bicyclic) bond motifs is 1. The molecule has 0 bridgehead atoms. The van der Waals surface area contributed by atoms with Crippen molar-refractivity contribution in [3.63, 3.8) is 0 Å². The molecular formula is C25H23F3N4O2. The minimum absolute atomic E-state index is 0.153. The third-order valence-corrected chi connectivity index (χ3v) is 5.86. The molecule has 2 heterocycles. The van der Waals surface area contributed by atoms with Crippen LogP contribution in [0.5, 0.6) is 0 Å². The van der Waals surface area contributed by atoms with Crippen LogP contribution in [0.15, 0.2) is 65.6 Å². The summed E-state index contributed by atoms with van der Waals surface area (Å²) in [6.07, 6.45) is -2.26. The first-order valence-electron chi connectivity index (χ1n) is 10.7. The topological polar surface area (TPSA) is 79.8 Å². The molecule has 176 valence electrons. The van der Waals surface area contributed by atoms with Gasteiger partial charge in [0.2, 0.25) is 0 Å². The molecule has 9 heteroatoms. The van der Waals surface area contributed by atoms with Gasteiger partial charge in [0, 0.05) is 30.9 Å². The van der Waals surface area contributed by atoms with Crippen LogP contribution in [0.4, 0.5) is 13.2 Å². The number of hydrogen-bond donors (Lipinski definition) is 2. The van der Waals surface area contributed by atoms with Crippen LogP contribution in [0.2, 0.25) is 0 Å². The Bertz CT molecular complexity index is 1410. The van der Waals surface area contributed by atoms with Gasteiger partial charge in [-0.25, -0.2) is 9.78 Å². The minimum Gasteiger partial charge on any atom is -0.352 e. The van der Waals surface area contributed by atoms with Crippen molar-refractivity contribution in [1.82, 2.24) is 19.9 Å². The van der Waals surface area contributed by atoms with Gasteiger partial charge in [-0.3, -0.25) is 14.3 Å². The molecule has 0 radical (unpaired) electrons. The Morgan fingerprint density at radius 1 is 1.12 bits per heavy atom. The highest BCUT2D eigenvalue weighted by atomic mass is 19.4. The lowest BCUT2D eigenvalue weighted by Crippen LogP contribution is -2.25. The lowest BCUT2D eigenvalue weighted by atomic mass is 9.96. The summed E-state index contributed by atoms with van der Waals surface area (Å²) in [7, 11) is 1.65. The van der Waals surface area contributed by atoms with Crippen molar-refractivity contribution < 1.29 is 18.0 Å². The Labute approximate surface area is 193 Å². The Hall–Kier alpha value is -3.88. The van der Waals surface area contributed by atoms with Crippen LogP contribution < -0.4 is 11.0 Å². The molecule has 0 aliphatic carbocycles. The molecule has 0 saturated carbocycles. The molecule has 2 N–H and O–H groups in total. The number of carbonyl (C=O) groups is 1. The fourth-order valence-electron chi connectivity index (χ4n) is 3.79. The van der Waals surface area contributed by atoms with Crippen molar-refractivity contribution in [1.29, 1.82) is 0 Å². The standard InChI is InChI=1S/C25H23F3N4O2/c1-15(16-5-4-8-20(12-16)25(26,27)28)9-10-29-23(33)18-7-3-6-17(11-18)19-13-21-22(30-14-19)31-24(34)32(21)2/h3-8,11-15H,9-10H2,1-2H3,(H,29,33)(H,30,31,34)/t15-/m1/s1. The first-order chi connectivity index (χ1) is 16.1. The van der Waals surface area contributed by atoms with E-state index in [9.17, 15) is 22.8 Å². The maximum Gasteiger partial charge on any atom is 0.416 e. The second kappa shape index (κ2) is 9.17. The zero-order valence-corrected chi connectivity index (χ0v) is 18.6. The summed E-state index contributed by atoms with van der Waals surface area (Å²) >= 11 is 0. The summed E-state index contributed by atoms with van der Waals surface area (Å²) < 4.78 is 40.3. The molecule has 0 fully saturated rings. The molecule has 1 amide bonds. The lowest BCUT2D eigenvalue weighted by molar-refractivity contribution is -0.137. The highest BCUT2D eigenvalue weighted by Crippen LogP contribution is 2.31. The first-order valence-corrected chi connectivity index (χ1v) is 10.7. The van der Waals surface area contributed by atoms with Gasteiger partial charge in [0.15, 0.2) is 5.65 Å². The number of H-pyrrole nitrogens is 1. The number of pyridine rings is 1. The maximum atomic E-state index is 13.0. The molecule has 4 aromatic rings. The number of amides is 1. The summed E-state index contributed by atoms with van der Waals surface area (Å²) in [5, 5.41) is 2.84. The SMILES string of the molecule is C[C@H](CCNC(=O)c1cccc(-c2cnc3[nH]c(=O)n(C)c3c2)c1)c1cccc(C(F)(F)F)c1. The number of hydrogen-bond acceptors (Lipinski definition) is 3. The predicted octanol–water partition coefficient (Wildman–Crippen LogP) is 4.87. The molecule has 2 aromatic carbocycles. The Balaban J connectivity index is 1.42. The number of imidazole rings is 1. The Morgan fingerprint density at radius 2 is 1.88 bits per heavy atom. The lowest BCUT2D eigenvalue weighted by Gasteiger charge is -2.15. The molecule has 6 nitrogen and oxygen atoms in total. The van der Waals surface area contributed by atoms with E-state index >= 15 is 0 Å². The number of aryl methyl sites for hydroxylation is 1. The van der Waals surface area contributed by atoms with Crippen LogP contribution >= 0.6 is 0 Å². The van der Waals surface area contributed by atoms with E-state index in [0.717, 1.165) is 23.3 Å². The van der Waals surface area contributed by atoms with Gasteiger partial charge in [0.1, 0.15) is 0 Å². The molecule has 0 saturated heterocycles. The quantitative estimate of drug-likeness (QED) is 0.424. The minimum atomic E-state index is -4.38. The zero-order chi connectivity index (χ0) is 24.5. The van der Waals surface area contributed by atoms with Crippen molar-refractivity contribution >= 4 is 17.1 Å². The summed E-state index contributed by atoms with van der Waals surface area (Å²) in [6.45, 7) is 2.15. The van der Waals surface area contributed by atoms with Crippen LogP contribution in [-0.4, -0.2) is 27.0 Å². The Morgan fingerprint density at radius 3 is 2.65 bits per heavy atom. The van der Waals surface area contributed by atoms with E-state index in [1.165, 1.54) is 10.6 Å². The molecule has 4 rings (SSSR count). The van der Waals surface area contributed by atoms with Crippen molar-refractivity contribution in [2.75, 3.05) is 6.54 Å². The maximum absolute atomic E-state index is 13.0. The average molecular weight is 468 g/mol. The first kappa shape index (κ1) is 23.3. The van der Waals surface area contributed by atoms with Crippen LogP contribution in [0.1, 0.15) is 40.7 Å². The molecular weight excluding hydrogens is 445 g/mol. The van der Waals surface area contributed by atoms with Gasteiger partial charge in [-0.15, -0.1) is 0 Å². The highest BCUT2D eigenvalue weighted by Gasteiger charge is 2.30. The third kappa shape index (κ3) is 4.88. The van der Waals surface area contributed by atoms with Crippen molar-refractivity contribution in [2.45, 2.75) is 25.4 Å². The van der Waals surface area contributed by atoms with Gasteiger partial charge in [0.05, 0.1) is 11.1 Å². The van der Waals surface area contributed by atoms with Gasteiger partial charge in [0.25, 0.3) is 5.91 Å². The highest BCUT2D eigenvalue weighted by molar-refractivity contribution is 5.95. The van der Waals surface area contributed by atoms with Gasteiger partial charge in [-0.05, 0) is 47.7 Å². The number of aromatic nitrogens is 3. The van der Waals surface area contributed by atoms with E-state index in [2.05, 4.69) is 15.3 Å². The van der Waals surface area contributed by atoms with Gasteiger partial charge >= 0.3 is 11.9 Å². The van der Waals surface area contributed by atoms with E-state index in [4.69, 9.17) is 0 Å². The van der Waals surface area contributed by atoms with Crippen LogP contribution in [0, 0.1) is 0 Å². The van der Waals surface area contributed by atoms with E-state index in [-0.39, 0.29) is 17.5 Å². The number of alkyl halides is 3. The van der Waals surface area contributed by atoms with Gasteiger partial charge < -0.3 is 5.32 Å². The van der Waals surface area contributed by atoms with Crippen molar-refractivity contribution in [2.24, 2.45) is 7.05 Å². The molecule has 0 spiro atoms. The van der Waals surface area contributed by atoms with E-state index in [1.807, 2.05) is 19.1 Å². The Kier molecular flexibility index (Phi) is 6.28. The summed E-state index contributed by atoms with van der Waals surface area (Å²) in [5.74, 6) is -0.430.